The van der Waals surface area contributed by atoms with Crippen LogP contribution in [0.3, 0.4) is 0 Å². The van der Waals surface area contributed by atoms with E-state index in [1.54, 1.807) is 24.4 Å². The molecule has 26 heavy (non-hydrogen) atoms. The van der Waals surface area contributed by atoms with E-state index in [2.05, 4.69) is 34.3 Å². The molecule has 0 unspecified atom stereocenters. The molecule has 3 aromatic rings. The Morgan fingerprint density at radius 1 is 1.04 bits per heavy atom. The van der Waals surface area contributed by atoms with Crippen LogP contribution in [0.1, 0.15) is 22.8 Å². The summed E-state index contributed by atoms with van der Waals surface area (Å²) in [6.45, 7) is 3.69. The van der Waals surface area contributed by atoms with Crippen LogP contribution in [0, 0.1) is 5.82 Å². The number of anilines is 2. The fourth-order valence-corrected chi connectivity index (χ4v) is 2.67. The van der Waals surface area contributed by atoms with Crippen molar-refractivity contribution in [3.8, 4) is 0 Å². The van der Waals surface area contributed by atoms with Gasteiger partial charge in [0.15, 0.2) is 0 Å². The van der Waals surface area contributed by atoms with Gasteiger partial charge in [-0.15, -0.1) is 0 Å². The van der Waals surface area contributed by atoms with Gasteiger partial charge in [0.1, 0.15) is 11.6 Å². The summed E-state index contributed by atoms with van der Waals surface area (Å²) < 4.78 is 13.7. The van der Waals surface area contributed by atoms with Gasteiger partial charge in [0.25, 0.3) is 5.91 Å². The lowest BCUT2D eigenvalue weighted by molar-refractivity contribution is 0.102. The Morgan fingerprint density at radius 2 is 1.77 bits per heavy atom. The summed E-state index contributed by atoms with van der Waals surface area (Å²) in [4.78, 5) is 18.6. The highest BCUT2D eigenvalue weighted by Crippen LogP contribution is 2.18. The highest BCUT2D eigenvalue weighted by molar-refractivity contribution is 6.03. The number of carbonyl (C=O) groups is 1. The van der Waals surface area contributed by atoms with Crippen LogP contribution in [0.25, 0.3) is 0 Å². The minimum Gasteiger partial charge on any atom is -0.366 e. The molecule has 0 atom stereocenters. The fraction of sp³-hybridized carbons (Fsp3) is 0.143. The van der Waals surface area contributed by atoms with Crippen LogP contribution in [0.2, 0.25) is 0 Å². The first-order valence-electron chi connectivity index (χ1n) is 8.48. The highest BCUT2D eigenvalue weighted by atomic mass is 19.1. The number of aromatic nitrogens is 1. The molecule has 1 amide bonds. The zero-order valence-electron chi connectivity index (χ0n) is 14.5. The number of nitrogens with zero attached hydrogens (tertiary/aromatic N) is 2. The summed E-state index contributed by atoms with van der Waals surface area (Å²) in [6, 6.07) is 19.7. The second-order valence-electron chi connectivity index (χ2n) is 5.84. The fourth-order valence-electron chi connectivity index (χ4n) is 2.67. The lowest BCUT2D eigenvalue weighted by Gasteiger charge is -2.23. The molecule has 0 radical (unpaired) electrons. The molecule has 0 aliphatic rings. The summed E-state index contributed by atoms with van der Waals surface area (Å²) >= 11 is 0. The molecule has 1 N–H and O–H groups in total. The van der Waals surface area contributed by atoms with Crippen molar-refractivity contribution in [3.63, 3.8) is 0 Å². The van der Waals surface area contributed by atoms with E-state index in [1.165, 1.54) is 17.7 Å². The maximum Gasteiger partial charge on any atom is 0.259 e. The number of halogens is 1. The Bertz CT molecular complexity index is 866. The predicted octanol–water partition coefficient (Wildman–Crippen LogP) is 4.50. The molecule has 0 aliphatic carbocycles. The SMILES string of the molecule is CCN(Cc1ccccc1)c1ccc(NC(=O)c2ccccc2F)nc1. The first kappa shape index (κ1) is 17.6. The second-order valence-corrected chi connectivity index (χ2v) is 5.84. The molecule has 2 aromatic carbocycles. The van der Waals surface area contributed by atoms with E-state index in [-0.39, 0.29) is 5.56 Å². The molecule has 132 valence electrons. The van der Waals surface area contributed by atoms with E-state index in [4.69, 9.17) is 0 Å². The molecule has 0 saturated carbocycles. The summed E-state index contributed by atoms with van der Waals surface area (Å²) in [5, 5.41) is 2.62. The summed E-state index contributed by atoms with van der Waals surface area (Å²) in [7, 11) is 0. The van der Waals surface area contributed by atoms with Gasteiger partial charge in [-0.3, -0.25) is 4.79 Å². The van der Waals surface area contributed by atoms with Crippen LogP contribution in [0.15, 0.2) is 72.9 Å². The molecule has 1 aromatic heterocycles. The number of nitrogens with one attached hydrogen (secondary N) is 1. The van der Waals surface area contributed by atoms with E-state index in [0.717, 1.165) is 18.8 Å². The van der Waals surface area contributed by atoms with E-state index >= 15 is 0 Å². The molecule has 0 fully saturated rings. The van der Waals surface area contributed by atoms with Gasteiger partial charge in [-0.2, -0.15) is 0 Å². The Hall–Kier alpha value is -3.21. The molecule has 1 heterocycles. The molecular weight excluding hydrogens is 329 g/mol. The van der Waals surface area contributed by atoms with Gasteiger partial charge in [0, 0.05) is 13.1 Å². The van der Waals surface area contributed by atoms with Crippen LogP contribution in [0.4, 0.5) is 15.9 Å². The Kier molecular flexibility index (Phi) is 5.59. The number of pyridine rings is 1. The Morgan fingerprint density at radius 3 is 2.42 bits per heavy atom. The predicted molar refractivity (Wildman–Crippen MR) is 102 cm³/mol. The van der Waals surface area contributed by atoms with Crippen LogP contribution in [-0.2, 0) is 6.54 Å². The maximum absolute atomic E-state index is 13.7. The normalized spacial score (nSPS) is 10.4. The minimum atomic E-state index is -0.554. The van der Waals surface area contributed by atoms with Gasteiger partial charge in [-0.05, 0) is 36.8 Å². The lowest BCUT2D eigenvalue weighted by Crippen LogP contribution is -2.22. The van der Waals surface area contributed by atoms with E-state index in [9.17, 15) is 9.18 Å². The van der Waals surface area contributed by atoms with E-state index < -0.39 is 11.7 Å². The number of carbonyl (C=O) groups excluding carboxylic acids is 1. The molecule has 0 spiro atoms. The van der Waals surface area contributed by atoms with E-state index in [0.29, 0.717) is 5.82 Å². The van der Waals surface area contributed by atoms with Crippen LogP contribution >= 0.6 is 0 Å². The van der Waals surface area contributed by atoms with Gasteiger partial charge in [0.2, 0.25) is 0 Å². The zero-order valence-corrected chi connectivity index (χ0v) is 14.5. The largest absolute Gasteiger partial charge is 0.366 e. The quantitative estimate of drug-likeness (QED) is 0.713. The van der Waals surface area contributed by atoms with Crippen molar-refractivity contribution in [2.24, 2.45) is 0 Å². The Labute approximate surface area is 152 Å². The first-order valence-corrected chi connectivity index (χ1v) is 8.48. The molecule has 0 aliphatic heterocycles. The standard InChI is InChI=1S/C21H20FN3O/c1-2-25(15-16-8-4-3-5-9-16)17-12-13-20(23-14-17)24-21(26)18-10-6-7-11-19(18)22/h3-14H,2,15H2,1H3,(H,23,24,26). The second kappa shape index (κ2) is 8.25. The average Bonchev–Trinajstić information content (AvgIpc) is 2.68. The van der Waals surface area contributed by atoms with Crippen LogP contribution in [-0.4, -0.2) is 17.4 Å². The van der Waals surface area contributed by atoms with E-state index in [1.807, 2.05) is 24.3 Å². The van der Waals surface area contributed by atoms with Crippen LogP contribution in [0.5, 0.6) is 0 Å². The summed E-state index contributed by atoms with van der Waals surface area (Å²) in [5.74, 6) is -0.681. The number of amides is 1. The van der Waals surface area contributed by atoms with Crippen molar-refractivity contribution >= 4 is 17.4 Å². The van der Waals surface area contributed by atoms with Crippen LogP contribution < -0.4 is 10.2 Å². The summed E-state index contributed by atoms with van der Waals surface area (Å²) in [6.07, 6.45) is 1.71. The molecular formula is C21H20FN3O. The molecule has 0 bridgehead atoms. The zero-order chi connectivity index (χ0) is 18.4. The lowest BCUT2D eigenvalue weighted by atomic mass is 10.2. The van der Waals surface area contributed by atoms with Gasteiger partial charge >= 0.3 is 0 Å². The van der Waals surface area contributed by atoms with Crippen molar-refractivity contribution in [1.29, 1.82) is 0 Å². The van der Waals surface area contributed by atoms with Gasteiger partial charge in [-0.25, -0.2) is 9.37 Å². The molecule has 4 nitrogen and oxygen atoms in total. The van der Waals surface area contributed by atoms with Crippen molar-refractivity contribution in [2.75, 3.05) is 16.8 Å². The van der Waals surface area contributed by atoms with Gasteiger partial charge < -0.3 is 10.2 Å². The topological polar surface area (TPSA) is 45.2 Å². The smallest absolute Gasteiger partial charge is 0.259 e. The van der Waals surface area contributed by atoms with Crippen molar-refractivity contribution < 1.29 is 9.18 Å². The molecule has 3 rings (SSSR count). The van der Waals surface area contributed by atoms with Crippen molar-refractivity contribution in [1.82, 2.24) is 4.98 Å². The number of hydrogen-bond acceptors (Lipinski definition) is 3. The Balaban J connectivity index is 1.69. The van der Waals surface area contributed by atoms with Gasteiger partial charge in [0.05, 0.1) is 17.4 Å². The number of rotatable bonds is 6. The number of hydrogen-bond donors (Lipinski definition) is 1. The number of benzene rings is 2. The average molecular weight is 349 g/mol. The van der Waals surface area contributed by atoms with Crippen molar-refractivity contribution in [3.05, 3.63) is 89.9 Å². The summed E-state index contributed by atoms with van der Waals surface area (Å²) in [5.41, 5.74) is 2.17. The third kappa shape index (κ3) is 4.25. The highest BCUT2D eigenvalue weighted by Gasteiger charge is 2.12. The molecule has 5 heteroatoms. The maximum atomic E-state index is 13.7. The third-order valence-electron chi connectivity index (χ3n) is 4.07. The first-order chi connectivity index (χ1) is 12.7. The third-order valence-corrected chi connectivity index (χ3v) is 4.07. The monoisotopic (exact) mass is 349 g/mol. The van der Waals surface area contributed by atoms with Gasteiger partial charge in [-0.1, -0.05) is 42.5 Å². The molecule has 0 saturated heterocycles. The minimum absolute atomic E-state index is 0.00219. The van der Waals surface area contributed by atoms with Crippen molar-refractivity contribution in [2.45, 2.75) is 13.5 Å².